The van der Waals surface area contributed by atoms with Crippen LogP contribution in [0.25, 0.3) is 0 Å². The molecule has 0 radical (unpaired) electrons. The summed E-state index contributed by atoms with van der Waals surface area (Å²) < 4.78 is 0. The molecular weight excluding hydrogens is 245 g/mol. The smallest absolute Gasteiger partial charge is 0.147 e. The lowest BCUT2D eigenvalue weighted by atomic mass is 10.1. The Labute approximate surface area is 106 Å². The summed E-state index contributed by atoms with van der Waals surface area (Å²) in [6.07, 6.45) is 2.83. The first-order valence-electron chi connectivity index (χ1n) is 5.41. The summed E-state index contributed by atoms with van der Waals surface area (Å²) in [6, 6.07) is 1.75. The van der Waals surface area contributed by atoms with Gasteiger partial charge in [-0.15, -0.1) is 0 Å². The van der Waals surface area contributed by atoms with Crippen molar-refractivity contribution < 1.29 is 0 Å². The monoisotopic (exact) mass is 259 g/mol. The summed E-state index contributed by atoms with van der Waals surface area (Å²) >= 11 is 12.0. The number of hydrogen-bond acceptors (Lipinski definition) is 3. The Hall–Kier alpha value is -0.510. The zero-order valence-electron chi connectivity index (χ0n) is 9.21. The maximum atomic E-state index is 6.13. The summed E-state index contributed by atoms with van der Waals surface area (Å²) in [7, 11) is 1.98. The Morgan fingerprint density at radius 3 is 3.06 bits per heavy atom. The molecule has 88 valence electrons. The van der Waals surface area contributed by atoms with Gasteiger partial charge in [0.2, 0.25) is 0 Å². The van der Waals surface area contributed by atoms with E-state index in [1.54, 1.807) is 12.3 Å². The number of hydrogen-bond donors (Lipinski definition) is 1. The van der Waals surface area contributed by atoms with Crippen LogP contribution in [-0.4, -0.2) is 31.7 Å². The third-order valence-corrected chi connectivity index (χ3v) is 3.35. The second-order valence-corrected chi connectivity index (χ2v) is 4.96. The first kappa shape index (κ1) is 12.0. The van der Waals surface area contributed by atoms with E-state index in [9.17, 15) is 0 Å². The van der Waals surface area contributed by atoms with Crippen molar-refractivity contribution in [2.45, 2.75) is 6.42 Å². The van der Waals surface area contributed by atoms with Crippen LogP contribution in [-0.2, 0) is 0 Å². The van der Waals surface area contributed by atoms with Gasteiger partial charge in [-0.25, -0.2) is 4.98 Å². The molecule has 0 aromatic carbocycles. The molecule has 1 N–H and O–H groups in total. The highest BCUT2D eigenvalue weighted by molar-refractivity contribution is 6.36. The number of nitrogens with one attached hydrogen (secondary N) is 1. The van der Waals surface area contributed by atoms with Crippen molar-refractivity contribution in [3.8, 4) is 0 Å². The molecule has 1 fully saturated rings. The quantitative estimate of drug-likeness (QED) is 0.904. The molecule has 1 aromatic heterocycles. The Balaban J connectivity index is 2.08. The lowest BCUT2D eigenvalue weighted by molar-refractivity contribution is 0.549. The Kier molecular flexibility index (Phi) is 3.90. The Morgan fingerprint density at radius 1 is 1.56 bits per heavy atom. The number of anilines is 1. The highest BCUT2D eigenvalue weighted by atomic mass is 35.5. The van der Waals surface area contributed by atoms with Crippen LogP contribution < -0.4 is 10.2 Å². The van der Waals surface area contributed by atoms with Gasteiger partial charge in [0, 0.05) is 19.3 Å². The lowest BCUT2D eigenvalue weighted by Gasteiger charge is -2.18. The van der Waals surface area contributed by atoms with Crippen LogP contribution in [0.3, 0.4) is 0 Å². The third-order valence-electron chi connectivity index (χ3n) is 2.87. The molecule has 2 heterocycles. The van der Waals surface area contributed by atoms with E-state index in [-0.39, 0.29) is 0 Å². The van der Waals surface area contributed by atoms with Crippen molar-refractivity contribution >= 4 is 29.0 Å². The summed E-state index contributed by atoms with van der Waals surface area (Å²) in [5.74, 6) is 1.53. The van der Waals surface area contributed by atoms with Crippen molar-refractivity contribution in [2.24, 2.45) is 5.92 Å². The first-order chi connectivity index (χ1) is 7.70. The number of pyridine rings is 1. The van der Waals surface area contributed by atoms with Gasteiger partial charge in [0.15, 0.2) is 0 Å². The highest BCUT2D eigenvalue weighted by Crippen LogP contribution is 2.29. The lowest BCUT2D eigenvalue weighted by Crippen LogP contribution is -2.25. The van der Waals surface area contributed by atoms with Crippen LogP contribution >= 0.6 is 23.2 Å². The largest absolute Gasteiger partial charge is 0.355 e. The number of halogens is 2. The molecule has 1 aromatic rings. The second kappa shape index (κ2) is 5.21. The molecular formula is C11H15Cl2N3. The summed E-state index contributed by atoms with van der Waals surface area (Å²) in [5.41, 5.74) is 0. The van der Waals surface area contributed by atoms with E-state index >= 15 is 0 Å². The molecule has 16 heavy (non-hydrogen) atoms. The van der Waals surface area contributed by atoms with Gasteiger partial charge in [-0.1, -0.05) is 23.2 Å². The molecule has 5 heteroatoms. The van der Waals surface area contributed by atoms with Crippen molar-refractivity contribution in [3.63, 3.8) is 0 Å². The van der Waals surface area contributed by atoms with Crippen LogP contribution in [0.2, 0.25) is 10.0 Å². The van der Waals surface area contributed by atoms with Gasteiger partial charge in [-0.05, 0) is 32.0 Å². The molecule has 2 rings (SSSR count). The molecule has 0 amide bonds. The maximum absolute atomic E-state index is 6.13. The van der Waals surface area contributed by atoms with Crippen LogP contribution in [0.15, 0.2) is 12.3 Å². The van der Waals surface area contributed by atoms with Crippen LogP contribution in [0.4, 0.5) is 5.82 Å². The number of aromatic nitrogens is 1. The van der Waals surface area contributed by atoms with Crippen molar-refractivity contribution in [1.82, 2.24) is 10.3 Å². The molecule has 0 aliphatic carbocycles. The normalized spacial score (nSPS) is 20.4. The fourth-order valence-electron chi connectivity index (χ4n) is 2.12. The summed E-state index contributed by atoms with van der Waals surface area (Å²) in [4.78, 5) is 6.52. The molecule has 0 saturated carbocycles. The molecule has 1 aliphatic rings. The average molecular weight is 260 g/mol. The molecule has 1 unspecified atom stereocenters. The standard InChI is InChI=1S/C11H15Cl2N3/c1-14-5-8-2-3-16(7-8)11-10(13)4-9(12)6-15-11/h4,6,8,14H,2-3,5,7H2,1H3. The van der Waals surface area contributed by atoms with E-state index in [1.807, 2.05) is 7.05 Å². The van der Waals surface area contributed by atoms with E-state index < -0.39 is 0 Å². The van der Waals surface area contributed by atoms with Gasteiger partial charge < -0.3 is 10.2 Å². The minimum absolute atomic E-state index is 0.583. The zero-order valence-corrected chi connectivity index (χ0v) is 10.7. The third kappa shape index (κ3) is 2.59. The minimum Gasteiger partial charge on any atom is -0.355 e. The Bertz CT molecular complexity index is 370. The van der Waals surface area contributed by atoms with Crippen molar-refractivity contribution in [3.05, 3.63) is 22.3 Å². The van der Waals surface area contributed by atoms with Gasteiger partial charge in [-0.3, -0.25) is 0 Å². The Morgan fingerprint density at radius 2 is 2.38 bits per heavy atom. The molecule has 0 spiro atoms. The molecule has 3 nitrogen and oxygen atoms in total. The fraction of sp³-hybridized carbons (Fsp3) is 0.545. The summed E-state index contributed by atoms with van der Waals surface area (Å²) in [5, 5.41) is 4.42. The first-order valence-corrected chi connectivity index (χ1v) is 6.17. The van der Waals surface area contributed by atoms with Crippen LogP contribution in [0.1, 0.15) is 6.42 Å². The number of nitrogens with zero attached hydrogens (tertiary/aromatic N) is 2. The molecule has 1 saturated heterocycles. The average Bonchev–Trinajstić information content (AvgIpc) is 2.67. The van der Waals surface area contributed by atoms with Gasteiger partial charge in [0.25, 0.3) is 0 Å². The second-order valence-electron chi connectivity index (χ2n) is 4.12. The van der Waals surface area contributed by atoms with E-state index in [0.717, 1.165) is 25.5 Å². The molecule has 1 atom stereocenters. The summed E-state index contributed by atoms with van der Waals surface area (Å²) in [6.45, 7) is 3.07. The van der Waals surface area contributed by atoms with Crippen molar-refractivity contribution in [1.29, 1.82) is 0 Å². The highest BCUT2D eigenvalue weighted by Gasteiger charge is 2.24. The van der Waals surface area contributed by atoms with Crippen molar-refractivity contribution in [2.75, 3.05) is 31.6 Å². The predicted molar refractivity (Wildman–Crippen MR) is 68.5 cm³/mol. The topological polar surface area (TPSA) is 28.2 Å². The van der Waals surface area contributed by atoms with Gasteiger partial charge >= 0.3 is 0 Å². The minimum atomic E-state index is 0.583. The number of rotatable bonds is 3. The van der Waals surface area contributed by atoms with E-state index in [2.05, 4.69) is 15.2 Å². The molecule has 1 aliphatic heterocycles. The maximum Gasteiger partial charge on any atom is 0.147 e. The van der Waals surface area contributed by atoms with E-state index in [1.165, 1.54) is 6.42 Å². The van der Waals surface area contributed by atoms with Crippen LogP contribution in [0.5, 0.6) is 0 Å². The van der Waals surface area contributed by atoms with Gasteiger partial charge in [0.1, 0.15) is 5.82 Å². The van der Waals surface area contributed by atoms with Crippen LogP contribution in [0, 0.1) is 5.92 Å². The molecule has 0 bridgehead atoms. The SMILES string of the molecule is CNCC1CCN(c2ncc(Cl)cc2Cl)C1. The zero-order chi connectivity index (χ0) is 11.5. The predicted octanol–water partition coefficient (Wildman–Crippen LogP) is 2.43. The fourth-order valence-corrected chi connectivity index (χ4v) is 2.62. The van der Waals surface area contributed by atoms with E-state index in [0.29, 0.717) is 16.0 Å². The van der Waals surface area contributed by atoms with Gasteiger partial charge in [-0.2, -0.15) is 0 Å². The van der Waals surface area contributed by atoms with E-state index in [4.69, 9.17) is 23.2 Å². The van der Waals surface area contributed by atoms with Gasteiger partial charge in [0.05, 0.1) is 10.0 Å².